The van der Waals surface area contributed by atoms with Crippen molar-refractivity contribution in [1.29, 1.82) is 5.26 Å². The lowest BCUT2D eigenvalue weighted by molar-refractivity contribution is -0.120. The number of likely N-dealkylation sites (tertiary alicyclic amines) is 1. The molecule has 17 heteroatoms. The molecule has 3 aromatic heterocycles. The summed E-state index contributed by atoms with van der Waals surface area (Å²) in [6.07, 6.45) is 6.17. The Hall–Kier alpha value is -5.21. The van der Waals surface area contributed by atoms with Gasteiger partial charge in [0.1, 0.15) is 21.7 Å². The molecule has 314 valence electrons. The van der Waals surface area contributed by atoms with Gasteiger partial charge in [0.25, 0.3) is 5.56 Å². The molecule has 0 saturated carbocycles. The summed E-state index contributed by atoms with van der Waals surface area (Å²) in [6.45, 7) is 10.4. The first-order valence-corrected chi connectivity index (χ1v) is 22.2. The first-order chi connectivity index (χ1) is 28.9. The van der Waals surface area contributed by atoms with Gasteiger partial charge in [-0.05, 0) is 118 Å². The monoisotopic (exact) mass is 851 g/mol. The Kier molecular flexibility index (Phi) is 12.0. The first kappa shape index (κ1) is 41.5. The maximum absolute atomic E-state index is 13.9. The SMILES string of the molecule is CC(Cc1cc(S(=O)N2CCC(Nc3ncc4cc(Cl)c(=O)n(C(C)C)c4n3)CC2)ccc1C#N)CN1CCC(c2ccc3c(N4CCC(=O)NC4=O)nn(C)c3c2)CC1. The van der Waals surface area contributed by atoms with Crippen LogP contribution in [0.15, 0.2) is 58.4 Å². The van der Waals surface area contributed by atoms with E-state index in [2.05, 4.69) is 55.7 Å². The number of amides is 3. The number of imide groups is 1. The molecule has 0 spiro atoms. The average Bonchev–Trinajstić information content (AvgIpc) is 3.56. The van der Waals surface area contributed by atoms with Gasteiger partial charge >= 0.3 is 6.03 Å². The number of aryl methyl sites for hydroxylation is 1. The van der Waals surface area contributed by atoms with Crippen LogP contribution < -0.4 is 21.1 Å². The quantitative estimate of drug-likeness (QED) is 0.163. The van der Waals surface area contributed by atoms with Gasteiger partial charge in [0, 0.05) is 68.7 Å². The predicted octanol–water partition coefficient (Wildman–Crippen LogP) is 5.89. The number of aromatic nitrogens is 5. The number of rotatable bonds is 11. The second kappa shape index (κ2) is 17.4. The van der Waals surface area contributed by atoms with Crippen LogP contribution in [0.25, 0.3) is 21.9 Å². The van der Waals surface area contributed by atoms with E-state index in [4.69, 9.17) is 11.6 Å². The number of nitrogens with one attached hydrogen (secondary N) is 2. The second-order valence-electron chi connectivity index (χ2n) is 16.6. The summed E-state index contributed by atoms with van der Waals surface area (Å²) >= 11 is 6.19. The van der Waals surface area contributed by atoms with Crippen molar-refractivity contribution in [3.8, 4) is 6.07 Å². The predicted molar refractivity (Wildman–Crippen MR) is 232 cm³/mol. The summed E-state index contributed by atoms with van der Waals surface area (Å²) in [7, 11) is 0.509. The van der Waals surface area contributed by atoms with Gasteiger partial charge in [0.05, 0.1) is 22.0 Å². The minimum Gasteiger partial charge on any atom is -0.351 e. The van der Waals surface area contributed by atoms with Gasteiger partial charge in [-0.3, -0.25) is 29.1 Å². The van der Waals surface area contributed by atoms with Crippen LogP contribution in [-0.4, -0.2) is 95.0 Å². The van der Waals surface area contributed by atoms with E-state index >= 15 is 0 Å². The molecule has 0 aliphatic carbocycles. The lowest BCUT2D eigenvalue weighted by Gasteiger charge is -2.34. The molecule has 15 nitrogen and oxygen atoms in total. The summed E-state index contributed by atoms with van der Waals surface area (Å²) in [5.41, 5.74) is 4.02. The van der Waals surface area contributed by atoms with Gasteiger partial charge in [0.15, 0.2) is 5.82 Å². The number of anilines is 2. The molecule has 6 heterocycles. The van der Waals surface area contributed by atoms with E-state index in [1.165, 1.54) is 10.5 Å². The largest absolute Gasteiger partial charge is 0.351 e. The molecule has 0 bridgehead atoms. The van der Waals surface area contributed by atoms with E-state index in [0.717, 1.165) is 61.8 Å². The Balaban J connectivity index is 0.845. The molecule has 2 N–H and O–H groups in total. The molecule has 3 aliphatic rings. The van der Waals surface area contributed by atoms with Crippen LogP contribution in [0.1, 0.15) is 81.5 Å². The number of nitriles is 1. The van der Waals surface area contributed by atoms with Crippen molar-refractivity contribution in [2.45, 2.75) is 82.2 Å². The summed E-state index contributed by atoms with van der Waals surface area (Å²) < 4.78 is 19.3. The maximum Gasteiger partial charge on any atom is 0.329 e. The van der Waals surface area contributed by atoms with E-state index in [1.807, 2.05) is 48.1 Å². The molecule has 5 aromatic rings. The fraction of sp³-hybridized carbons (Fsp3) is 0.465. The van der Waals surface area contributed by atoms with Crippen LogP contribution in [0.2, 0.25) is 5.02 Å². The molecule has 0 radical (unpaired) electrons. The van der Waals surface area contributed by atoms with Crippen LogP contribution in [-0.2, 0) is 29.2 Å². The van der Waals surface area contributed by atoms with E-state index in [9.17, 15) is 23.9 Å². The van der Waals surface area contributed by atoms with Crippen molar-refractivity contribution in [3.63, 3.8) is 0 Å². The third kappa shape index (κ3) is 8.54. The number of carbonyl (C=O) groups is 2. The van der Waals surface area contributed by atoms with Gasteiger partial charge < -0.3 is 10.2 Å². The number of benzene rings is 2. The fourth-order valence-electron chi connectivity index (χ4n) is 8.89. The van der Waals surface area contributed by atoms with Crippen molar-refractivity contribution in [3.05, 3.63) is 80.7 Å². The number of nitrogens with zero attached hydrogens (tertiary/aromatic N) is 9. The molecular weight excluding hydrogens is 802 g/mol. The van der Waals surface area contributed by atoms with Gasteiger partial charge in [-0.15, -0.1) is 0 Å². The highest BCUT2D eigenvalue weighted by atomic mass is 35.5. The molecule has 8 rings (SSSR count). The van der Waals surface area contributed by atoms with E-state index in [0.29, 0.717) is 65.2 Å². The number of halogens is 1. The molecule has 3 amide bonds. The minimum absolute atomic E-state index is 0.0767. The number of piperidine rings is 2. The smallest absolute Gasteiger partial charge is 0.329 e. The minimum atomic E-state index is -1.37. The average molecular weight is 852 g/mol. The number of hydrogen-bond donors (Lipinski definition) is 2. The topological polar surface area (TPSA) is 174 Å². The first-order valence-electron chi connectivity index (χ1n) is 20.7. The van der Waals surface area contributed by atoms with Gasteiger partial charge in [-0.2, -0.15) is 15.3 Å². The molecular formula is C43H50ClN11O4S. The van der Waals surface area contributed by atoms with Crippen LogP contribution in [0.4, 0.5) is 16.6 Å². The highest BCUT2D eigenvalue weighted by molar-refractivity contribution is 7.82. The van der Waals surface area contributed by atoms with Gasteiger partial charge in [-0.1, -0.05) is 24.6 Å². The molecule has 2 atom stereocenters. The zero-order valence-corrected chi connectivity index (χ0v) is 35.9. The van der Waals surface area contributed by atoms with Crippen molar-refractivity contribution in [1.82, 2.24) is 38.8 Å². The van der Waals surface area contributed by atoms with Crippen molar-refractivity contribution >= 4 is 68.2 Å². The Labute approximate surface area is 356 Å². The standard InChI is InChI=1S/C43H50ClN11O4S/c1-26(2)55-39-32(21-36(44)41(55)57)24-46-42(49-39)47-33-11-16-53(17-12-33)60(59)34-7-5-30(23-45)31(20-34)19-27(3)25-52-14-9-28(10-15-52)29-6-8-35-37(22-29)51(4)50-40(35)54-18-13-38(56)48-43(54)58/h5-8,20-22,24,26-28,33H,9-19,25H2,1-4H3,(H,46,47,49)(H,48,56,58). The molecule has 3 aliphatic heterocycles. The fourth-order valence-corrected chi connectivity index (χ4v) is 10.4. The van der Waals surface area contributed by atoms with Crippen LogP contribution >= 0.6 is 11.6 Å². The third-order valence-electron chi connectivity index (χ3n) is 12.0. The number of pyridine rings is 1. The van der Waals surface area contributed by atoms with E-state index in [1.54, 1.807) is 22.9 Å². The zero-order chi connectivity index (χ0) is 42.2. The lowest BCUT2D eigenvalue weighted by atomic mass is 9.88. The number of hydrogen-bond acceptors (Lipinski definition) is 10. The molecule has 2 aromatic carbocycles. The van der Waals surface area contributed by atoms with Gasteiger partial charge in [0.2, 0.25) is 11.9 Å². The number of fused-ring (bicyclic) bond motifs is 2. The highest BCUT2D eigenvalue weighted by Gasteiger charge is 2.30. The van der Waals surface area contributed by atoms with Gasteiger partial charge in [-0.25, -0.2) is 18.3 Å². The second-order valence-corrected chi connectivity index (χ2v) is 18.5. The van der Waals surface area contributed by atoms with Crippen molar-refractivity contribution in [2.75, 3.05) is 49.5 Å². The van der Waals surface area contributed by atoms with E-state index in [-0.39, 0.29) is 40.9 Å². The molecule has 3 fully saturated rings. The van der Waals surface area contributed by atoms with Crippen molar-refractivity contribution in [2.24, 2.45) is 13.0 Å². The maximum atomic E-state index is 13.9. The van der Waals surface area contributed by atoms with Crippen LogP contribution in [0.3, 0.4) is 0 Å². The summed E-state index contributed by atoms with van der Waals surface area (Å²) in [4.78, 5) is 50.9. The summed E-state index contributed by atoms with van der Waals surface area (Å²) in [6, 6.07) is 15.4. The molecule has 60 heavy (non-hydrogen) atoms. The zero-order valence-electron chi connectivity index (χ0n) is 34.4. The number of carbonyl (C=O) groups excluding carboxylic acids is 2. The van der Waals surface area contributed by atoms with Crippen molar-refractivity contribution < 1.29 is 13.8 Å². The Bertz CT molecular complexity index is 2590. The molecule has 3 saturated heterocycles. The molecule has 2 unspecified atom stereocenters. The Morgan fingerprint density at radius 3 is 2.48 bits per heavy atom. The van der Waals surface area contributed by atoms with E-state index < -0.39 is 17.0 Å². The summed E-state index contributed by atoms with van der Waals surface area (Å²) in [5.74, 6) is 1.44. The van der Waals surface area contributed by atoms with Crippen LogP contribution in [0, 0.1) is 17.2 Å². The third-order valence-corrected chi connectivity index (χ3v) is 13.8. The Morgan fingerprint density at radius 1 is 1.00 bits per heavy atom. The lowest BCUT2D eigenvalue weighted by Crippen LogP contribution is -2.49. The Morgan fingerprint density at radius 2 is 1.77 bits per heavy atom. The number of urea groups is 1. The summed E-state index contributed by atoms with van der Waals surface area (Å²) in [5, 5.41) is 22.2. The van der Waals surface area contributed by atoms with Crippen LogP contribution in [0.5, 0.6) is 0 Å². The highest BCUT2D eigenvalue weighted by Crippen LogP contribution is 2.34. The normalized spacial score (nSPS) is 18.6.